The molecule has 0 spiro atoms. The summed E-state index contributed by atoms with van der Waals surface area (Å²) in [7, 11) is 0. The molecule has 0 radical (unpaired) electrons. The van der Waals surface area contributed by atoms with Crippen LogP contribution in [0.1, 0.15) is 251 Å². The van der Waals surface area contributed by atoms with E-state index in [4.69, 9.17) is 9.47 Å². The van der Waals surface area contributed by atoms with Crippen LogP contribution in [-0.4, -0.2) is 36.4 Å². The minimum absolute atomic E-state index is 0.0623. The Labute approximate surface area is 366 Å². The summed E-state index contributed by atoms with van der Waals surface area (Å²) in [6, 6.07) is 0. The van der Waals surface area contributed by atoms with E-state index in [0.717, 1.165) is 70.6 Å². The Morgan fingerprint density at radius 3 is 1.10 bits per heavy atom. The second-order valence-electron chi connectivity index (χ2n) is 16.9. The molecule has 1 atom stereocenters. The number of ether oxygens (including phenoxy) is 2. The topological polar surface area (TPSA) is 72.8 Å². The second-order valence-corrected chi connectivity index (χ2v) is 16.9. The number of aliphatic hydroxyl groups is 1. The van der Waals surface area contributed by atoms with Crippen molar-refractivity contribution in [3.8, 4) is 0 Å². The average molecular weight is 825 g/mol. The predicted octanol–water partition coefficient (Wildman–Crippen LogP) is 16.7. The van der Waals surface area contributed by atoms with Gasteiger partial charge in [-0.1, -0.05) is 242 Å². The maximum Gasteiger partial charge on any atom is 0.306 e. The fourth-order valence-corrected chi connectivity index (χ4v) is 7.29. The number of rotatable bonds is 46. The van der Waals surface area contributed by atoms with Crippen LogP contribution < -0.4 is 0 Å². The van der Waals surface area contributed by atoms with E-state index < -0.39 is 6.10 Å². The molecule has 0 bridgehead atoms. The van der Waals surface area contributed by atoms with Gasteiger partial charge in [0.15, 0.2) is 6.10 Å². The number of allylic oxidation sites excluding steroid dienone is 10. The van der Waals surface area contributed by atoms with E-state index in [1.165, 1.54) is 154 Å². The number of carbonyl (C=O) groups is 2. The van der Waals surface area contributed by atoms with Crippen LogP contribution >= 0.6 is 0 Å². The van der Waals surface area contributed by atoms with E-state index in [1.54, 1.807) is 0 Å². The Morgan fingerprint density at radius 1 is 0.407 bits per heavy atom. The summed E-state index contributed by atoms with van der Waals surface area (Å²) < 4.78 is 10.6. The second kappa shape index (κ2) is 50.0. The van der Waals surface area contributed by atoms with E-state index in [2.05, 4.69) is 74.6 Å². The van der Waals surface area contributed by atoms with Crippen molar-refractivity contribution in [1.82, 2.24) is 0 Å². The lowest BCUT2D eigenvalue weighted by Crippen LogP contribution is -2.28. The van der Waals surface area contributed by atoms with E-state index in [1.807, 2.05) is 0 Å². The Morgan fingerprint density at radius 2 is 0.729 bits per heavy atom. The Kier molecular flexibility index (Phi) is 47.9. The van der Waals surface area contributed by atoms with E-state index in [0.29, 0.717) is 12.8 Å². The fourth-order valence-electron chi connectivity index (χ4n) is 7.29. The Bertz CT molecular complexity index is 1020. The quantitative estimate of drug-likeness (QED) is 0.0376. The van der Waals surface area contributed by atoms with Crippen molar-refractivity contribution in [2.24, 2.45) is 0 Å². The lowest BCUT2D eigenvalue weighted by atomic mass is 10.0. The molecule has 0 fully saturated rings. The first-order valence-electron chi connectivity index (χ1n) is 25.3. The molecule has 1 N–H and O–H groups in total. The van der Waals surface area contributed by atoms with Crippen molar-refractivity contribution in [3.63, 3.8) is 0 Å². The Hall–Kier alpha value is -2.40. The highest BCUT2D eigenvalue weighted by Crippen LogP contribution is 2.16. The third-order valence-corrected chi connectivity index (χ3v) is 11.1. The first-order chi connectivity index (χ1) is 29.1. The zero-order valence-corrected chi connectivity index (χ0v) is 39.0. The lowest BCUT2D eigenvalue weighted by Gasteiger charge is -2.15. The number of aliphatic hydroxyl groups excluding tert-OH is 1. The molecule has 59 heavy (non-hydrogen) atoms. The zero-order valence-electron chi connectivity index (χ0n) is 39.0. The zero-order chi connectivity index (χ0) is 42.8. The molecule has 0 amide bonds. The molecule has 0 aliphatic carbocycles. The molecule has 0 aromatic carbocycles. The van der Waals surface area contributed by atoms with Gasteiger partial charge in [-0.2, -0.15) is 0 Å². The van der Waals surface area contributed by atoms with Gasteiger partial charge in [0, 0.05) is 12.8 Å². The third-order valence-electron chi connectivity index (χ3n) is 11.1. The number of carbonyl (C=O) groups excluding carboxylic acids is 2. The Balaban J connectivity index is 3.45. The fraction of sp³-hybridized carbons (Fsp3) is 0.778. The van der Waals surface area contributed by atoms with E-state index in [-0.39, 0.29) is 25.2 Å². The summed E-state index contributed by atoms with van der Waals surface area (Å²) >= 11 is 0. The smallest absolute Gasteiger partial charge is 0.306 e. The summed E-state index contributed by atoms with van der Waals surface area (Å²) in [5.41, 5.74) is 0. The maximum atomic E-state index is 12.2. The molecule has 0 aliphatic heterocycles. The highest BCUT2D eigenvalue weighted by Gasteiger charge is 2.16. The number of hydrogen-bond acceptors (Lipinski definition) is 5. The highest BCUT2D eigenvalue weighted by molar-refractivity contribution is 5.70. The highest BCUT2D eigenvalue weighted by atomic mass is 16.6. The minimum Gasteiger partial charge on any atom is -0.462 e. The molecule has 0 aromatic rings. The molecule has 342 valence electrons. The maximum absolute atomic E-state index is 12.2. The van der Waals surface area contributed by atoms with Crippen molar-refractivity contribution < 1.29 is 24.2 Å². The van der Waals surface area contributed by atoms with E-state index >= 15 is 0 Å². The van der Waals surface area contributed by atoms with Crippen molar-refractivity contribution in [2.45, 2.75) is 258 Å². The van der Waals surface area contributed by atoms with E-state index in [9.17, 15) is 14.7 Å². The lowest BCUT2D eigenvalue weighted by molar-refractivity contribution is -0.161. The van der Waals surface area contributed by atoms with Crippen molar-refractivity contribution in [1.29, 1.82) is 0 Å². The van der Waals surface area contributed by atoms with Crippen LogP contribution in [0.5, 0.6) is 0 Å². The van der Waals surface area contributed by atoms with Crippen LogP contribution in [0, 0.1) is 0 Å². The molecule has 5 nitrogen and oxygen atoms in total. The number of esters is 2. The van der Waals surface area contributed by atoms with Crippen LogP contribution in [0.4, 0.5) is 0 Å². The molecule has 0 rings (SSSR count). The molecule has 0 heterocycles. The number of hydrogen-bond donors (Lipinski definition) is 1. The van der Waals surface area contributed by atoms with Gasteiger partial charge in [0.25, 0.3) is 0 Å². The number of unbranched alkanes of at least 4 members (excludes halogenated alkanes) is 28. The van der Waals surface area contributed by atoms with Crippen molar-refractivity contribution >= 4 is 11.9 Å². The monoisotopic (exact) mass is 825 g/mol. The first-order valence-corrected chi connectivity index (χ1v) is 25.3. The van der Waals surface area contributed by atoms with Crippen LogP contribution in [0.2, 0.25) is 0 Å². The summed E-state index contributed by atoms with van der Waals surface area (Å²) in [5.74, 6) is -0.582. The van der Waals surface area contributed by atoms with Gasteiger partial charge in [-0.25, -0.2) is 0 Å². The van der Waals surface area contributed by atoms with Crippen molar-refractivity contribution in [2.75, 3.05) is 13.2 Å². The summed E-state index contributed by atoms with van der Waals surface area (Å²) in [6.07, 6.45) is 66.1. The summed E-state index contributed by atoms with van der Waals surface area (Å²) in [5, 5.41) is 9.60. The van der Waals surface area contributed by atoms with Gasteiger partial charge in [-0.3, -0.25) is 9.59 Å². The van der Waals surface area contributed by atoms with Gasteiger partial charge in [0.05, 0.1) is 6.61 Å². The van der Waals surface area contributed by atoms with Gasteiger partial charge < -0.3 is 14.6 Å². The molecule has 0 aliphatic rings. The average Bonchev–Trinajstić information content (AvgIpc) is 3.24. The van der Waals surface area contributed by atoms with Crippen molar-refractivity contribution in [3.05, 3.63) is 60.8 Å². The molecule has 0 saturated heterocycles. The van der Waals surface area contributed by atoms with Crippen LogP contribution in [0.25, 0.3) is 0 Å². The van der Waals surface area contributed by atoms with Crippen LogP contribution in [0.3, 0.4) is 0 Å². The largest absolute Gasteiger partial charge is 0.462 e. The molecule has 5 heteroatoms. The molecular weight excluding hydrogens is 729 g/mol. The summed E-state index contributed by atoms with van der Waals surface area (Å²) in [4.78, 5) is 24.4. The van der Waals surface area contributed by atoms with Gasteiger partial charge in [0.1, 0.15) is 6.61 Å². The SMILES string of the molecule is CC/C=C\C/C=C\C/C=C\C/C=C\C/C=C\CCCCCCCCCCCCCCCCCCCC(=O)OC(CO)COC(=O)CCCCCCCCCCCCCC. The minimum atomic E-state index is -0.769. The standard InChI is InChI=1S/C54H96O5/c1-3-5-7-9-11-13-15-17-18-19-20-21-22-23-24-25-26-27-28-29-30-31-32-33-34-35-36-37-39-41-43-45-47-49-54(57)59-52(50-55)51-58-53(56)48-46-44-42-40-38-16-14-12-10-8-6-4-2/h5,7,11,13,17-18,20-21,23-24,52,55H,3-4,6,8-10,12,14-16,19,22,25-51H2,1-2H3/b7-5-,13-11-,18-17-,21-20-,24-23-. The molecule has 1 unspecified atom stereocenters. The summed E-state index contributed by atoms with van der Waals surface area (Å²) in [6.45, 7) is 4.04. The van der Waals surface area contributed by atoms with Crippen LogP contribution in [0.15, 0.2) is 60.8 Å². The molecular formula is C54H96O5. The third kappa shape index (κ3) is 48.1. The normalized spacial score (nSPS) is 12.7. The molecule has 0 aromatic heterocycles. The van der Waals surface area contributed by atoms with Gasteiger partial charge in [0.2, 0.25) is 0 Å². The van der Waals surface area contributed by atoms with Crippen LogP contribution in [-0.2, 0) is 19.1 Å². The first kappa shape index (κ1) is 56.6. The molecule has 0 saturated carbocycles. The van der Waals surface area contributed by atoms with Gasteiger partial charge in [-0.05, 0) is 57.8 Å². The van der Waals surface area contributed by atoms with Gasteiger partial charge in [-0.15, -0.1) is 0 Å². The predicted molar refractivity (Wildman–Crippen MR) is 256 cm³/mol. The van der Waals surface area contributed by atoms with Gasteiger partial charge >= 0.3 is 11.9 Å².